The van der Waals surface area contributed by atoms with Gasteiger partial charge in [-0.2, -0.15) is 0 Å². The number of piperidine rings is 1. The van der Waals surface area contributed by atoms with Crippen LogP contribution in [0.25, 0.3) is 17.0 Å². The molecule has 1 amide bonds. The van der Waals surface area contributed by atoms with Crippen LogP contribution in [0.4, 0.5) is 0 Å². The molecular formula is C21H25NO4. The lowest BCUT2D eigenvalue weighted by molar-refractivity contribution is -0.150. The first-order valence-corrected chi connectivity index (χ1v) is 9.28. The zero-order valence-electron chi connectivity index (χ0n) is 15.4. The summed E-state index contributed by atoms with van der Waals surface area (Å²) in [5, 5.41) is 1.01. The molecule has 5 heteroatoms. The number of hydrogen-bond donors (Lipinski definition) is 0. The van der Waals surface area contributed by atoms with Crippen LogP contribution in [0.1, 0.15) is 38.0 Å². The quantitative estimate of drug-likeness (QED) is 0.604. The van der Waals surface area contributed by atoms with Crippen LogP contribution in [0.15, 0.2) is 34.8 Å². The second kappa shape index (κ2) is 8.21. The summed E-state index contributed by atoms with van der Waals surface area (Å²) in [5.41, 5.74) is 1.78. The number of ether oxygens (including phenoxy) is 1. The summed E-state index contributed by atoms with van der Waals surface area (Å²) in [5.74, 6) is 0.370. The van der Waals surface area contributed by atoms with Crippen LogP contribution >= 0.6 is 0 Å². The maximum absolute atomic E-state index is 12.6. The minimum atomic E-state index is -0.220. The van der Waals surface area contributed by atoms with Crippen molar-refractivity contribution in [3.8, 4) is 0 Å². The minimum absolute atomic E-state index is 0.0775. The van der Waals surface area contributed by atoms with Gasteiger partial charge in [0.15, 0.2) is 0 Å². The average Bonchev–Trinajstić information content (AvgIpc) is 3.04. The van der Waals surface area contributed by atoms with E-state index in [-0.39, 0.29) is 17.8 Å². The van der Waals surface area contributed by atoms with E-state index in [0.29, 0.717) is 19.7 Å². The Morgan fingerprint density at radius 3 is 2.88 bits per heavy atom. The van der Waals surface area contributed by atoms with Crippen molar-refractivity contribution in [2.24, 2.45) is 5.92 Å². The minimum Gasteiger partial charge on any atom is -0.466 e. The van der Waals surface area contributed by atoms with Crippen LogP contribution in [0.3, 0.4) is 0 Å². The van der Waals surface area contributed by atoms with Gasteiger partial charge in [-0.05, 0) is 31.9 Å². The van der Waals surface area contributed by atoms with Gasteiger partial charge in [-0.15, -0.1) is 0 Å². The Hall–Kier alpha value is -2.56. The van der Waals surface area contributed by atoms with Crippen molar-refractivity contribution in [1.29, 1.82) is 0 Å². The van der Waals surface area contributed by atoms with Gasteiger partial charge in [-0.25, -0.2) is 0 Å². The highest BCUT2D eigenvalue weighted by atomic mass is 16.5. The fourth-order valence-corrected chi connectivity index (χ4v) is 3.45. The SMILES string of the molecule is CCOC(=O)C1CCCN(C(=O)/C=C/c2c(CC)oc3ccccc23)C1. The van der Waals surface area contributed by atoms with Gasteiger partial charge in [-0.3, -0.25) is 9.59 Å². The number of benzene rings is 1. The summed E-state index contributed by atoms with van der Waals surface area (Å²) in [4.78, 5) is 26.3. The van der Waals surface area contributed by atoms with E-state index >= 15 is 0 Å². The molecule has 1 aliphatic rings. The highest BCUT2D eigenvalue weighted by Crippen LogP contribution is 2.27. The molecule has 5 nitrogen and oxygen atoms in total. The van der Waals surface area contributed by atoms with Crippen molar-refractivity contribution in [1.82, 2.24) is 4.90 Å². The fourth-order valence-electron chi connectivity index (χ4n) is 3.45. The number of furan rings is 1. The van der Waals surface area contributed by atoms with Gasteiger partial charge in [0.2, 0.25) is 5.91 Å². The summed E-state index contributed by atoms with van der Waals surface area (Å²) in [7, 11) is 0. The zero-order valence-corrected chi connectivity index (χ0v) is 15.4. The smallest absolute Gasteiger partial charge is 0.310 e. The molecular weight excluding hydrogens is 330 g/mol. The second-order valence-electron chi connectivity index (χ2n) is 6.50. The third kappa shape index (κ3) is 3.82. The Kier molecular flexibility index (Phi) is 5.76. The molecule has 1 atom stereocenters. The number of nitrogens with zero attached hydrogens (tertiary/aromatic N) is 1. The number of carbonyl (C=O) groups is 2. The number of para-hydroxylation sites is 1. The molecule has 26 heavy (non-hydrogen) atoms. The van der Waals surface area contributed by atoms with Gasteiger partial charge < -0.3 is 14.1 Å². The molecule has 0 aliphatic carbocycles. The summed E-state index contributed by atoms with van der Waals surface area (Å²) < 4.78 is 11.0. The Bertz CT molecular complexity index is 821. The number of esters is 1. The fraction of sp³-hybridized carbons (Fsp3) is 0.429. The Labute approximate surface area is 153 Å². The van der Waals surface area contributed by atoms with Crippen molar-refractivity contribution < 1.29 is 18.7 Å². The molecule has 1 aliphatic heterocycles. The lowest BCUT2D eigenvalue weighted by atomic mass is 9.98. The largest absolute Gasteiger partial charge is 0.466 e. The number of amides is 1. The van der Waals surface area contributed by atoms with E-state index < -0.39 is 0 Å². The molecule has 2 aromatic rings. The number of likely N-dealkylation sites (tertiary alicyclic amines) is 1. The van der Waals surface area contributed by atoms with E-state index in [0.717, 1.165) is 41.6 Å². The van der Waals surface area contributed by atoms with Gasteiger partial charge >= 0.3 is 5.97 Å². The van der Waals surface area contributed by atoms with E-state index in [9.17, 15) is 9.59 Å². The van der Waals surface area contributed by atoms with Gasteiger partial charge in [-0.1, -0.05) is 25.1 Å². The van der Waals surface area contributed by atoms with Crippen LogP contribution in [-0.4, -0.2) is 36.5 Å². The summed E-state index contributed by atoms with van der Waals surface area (Å²) in [6.45, 7) is 5.30. The molecule has 1 aromatic heterocycles. The first-order chi connectivity index (χ1) is 12.6. The van der Waals surface area contributed by atoms with E-state index in [1.165, 1.54) is 0 Å². The topological polar surface area (TPSA) is 59.8 Å². The molecule has 138 valence electrons. The average molecular weight is 355 g/mol. The van der Waals surface area contributed by atoms with Crippen molar-refractivity contribution in [2.75, 3.05) is 19.7 Å². The number of fused-ring (bicyclic) bond motifs is 1. The van der Waals surface area contributed by atoms with Gasteiger partial charge in [0.25, 0.3) is 0 Å². The normalized spacial score (nSPS) is 17.8. The molecule has 1 saturated heterocycles. The van der Waals surface area contributed by atoms with E-state index in [1.54, 1.807) is 17.9 Å². The highest BCUT2D eigenvalue weighted by molar-refractivity contribution is 5.96. The Morgan fingerprint density at radius 2 is 2.12 bits per heavy atom. The predicted molar refractivity (Wildman–Crippen MR) is 101 cm³/mol. The molecule has 0 N–H and O–H groups in total. The molecule has 2 heterocycles. The van der Waals surface area contributed by atoms with Crippen molar-refractivity contribution >= 4 is 28.9 Å². The van der Waals surface area contributed by atoms with E-state index in [1.807, 2.05) is 37.3 Å². The summed E-state index contributed by atoms with van der Waals surface area (Å²) >= 11 is 0. The Morgan fingerprint density at radius 1 is 1.31 bits per heavy atom. The summed E-state index contributed by atoms with van der Waals surface area (Å²) in [6, 6.07) is 7.83. The maximum atomic E-state index is 12.6. The number of aryl methyl sites for hydroxylation is 1. The lowest BCUT2D eigenvalue weighted by Crippen LogP contribution is -2.42. The monoisotopic (exact) mass is 355 g/mol. The highest BCUT2D eigenvalue weighted by Gasteiger charge is 2.28. The zero-order chi connectivity index (χ0) is 18.5. The molecule has 3 rings (SSSR count). The van der Waals surface area contributed by atoms with E-state index in [2.05, 4.69) is 0 Å². The lowest BCUT2D eigenvalue weighted by Gasteiger charge is -2.30. The van der Waals surface area contributed by atoms with Crippen molar-refractivity contribution in [3.63, 3.8) is 0 Å². The molecule has 1 aromatic carbocycles. The molecule has 1 unspecified atom stereocenters. The first-order valence-electron chi connectivity index (χ1n) is 9.28. The van der Waals surface area contributed by atoms with Gasteiger partial charge in [0.05, 0.1) is 12.5 Å². The predicted octanol–water partition coefficient (Wildman–Crippen LogP) is 3.81. The number of rotatable bonds is 5. The first kappa shape index (κ1) is 18.2. The third-order valence-electron chi connectivity index (χ3n) is 4.78. The molecule has 0 radical (unpaired) electrons. The van der Waals surface area contributed by atoms with Gasteiger partial charge in [0.1, 0.15) is 11.3 Å². The number of carbonyl (C=O) groups excluding carboxylic acids is 2. The third-order valence-corrected chi connectivity index (χ3v) is 4.78. The Balaban J connectivity index is 1.74. The standard InChI is InChI=1S/C21H25NO4/c1-3-18-17(16-9-5-6-10-19(16)26-18)11-12-20(23)22-13-7-8-15(14-22)21(24)25-4-2/h5-6,9-12,15H,3-4,7-8,13-14H2,1-2H3/b12-11+. The van der Waals surface area contributed by atoms with Crippen LogP contribution < -0.4 is 0 Å². The van der Waals surface area contributed by atoms with Crippen molar-refractivity contribution in [3.05, 3.63) is 41.7 Å². The van der Waals surface area contributed by atoms with Crippen LogP contribution in [0.2, 0.25) is 0 Å². The molecule has 0 saturated carbocycles. The number of hydrogen-bond acceptors (Lipinski definition) is 4. The van der Waals surface area contributed by atoms with Gasteiger partial charge in [0, 0.05) is 36.5 Å². The van der Waals surface area contributed by atoms with Crippen LogP contribution in [-0.2, 0) is 20.7 Å². The second-order valence-corrected chi connectivity index (χ2v) is 6.50. The molecule has 0 spiro atoms. The van der Waals surface area contributed by atoms with E-state index in [4.69, 9.17) is 9.15 Å². The molecule has 1 fully saturated rings. The van der Waals surface area contributed by atoms with Crippen LogP contribution in [0, 0.1) is 5.92 Å². The summed E-state index contributed by atoms with van der Waals surface area (Å²) in [6.07, 6.45) is 5.78. The van der Waals surface area contributed by atoms with Crippen molar-refractivity contribution in [2.45, 2.75) is 33.1 Å². The molecule has 0 bridgehead atoms. The maximum Gasteiger partial charge on any atom is 0.310 e. The van der Waals surface area contributed by atoms with Crippen LogP contribution in [0.5, 0.6) is 0 Å².